The predicted octanol–water partition coefficient (Wildman–Crippen LogP) is -4.04. The molecule has 0 bridgehead atoms. The minimum Gasteiger partial charge on any atom is -0.467 e. The first kappa shape index (κ1) is 79.6. The van der Waals surface area contributed by atoms with Gasteiger partial charge in [-0.1, -0.05) is 46.3 Å². The van der Waals surface area contributed by atoms with Gasteiger partial charge in [0.15, 0.2) is 49.8 Å². The van der Waals surface area contributed by atoms with Gasteiger partial charge in [-0.15, -0.1) is 0 Å². The Morgan fingerprint density at radius 3 is 1.77 bits per heavy atom. The van der Waals surface area contributed by atoms with E-state index in [4.69, 9.17) is 71.1 Å². The molecule has 0 radical (unpaired) electrons. The van der Waals surface area contributed by atoms with Crippen LogP contribution >= 0.6 is 0 Å². The number of aliphatic hydroxyl groups excluding tert-OH is 14. The van der Waals surface area contributed by atoms with Gasteiger partial charge in [-0.2, -0.15) is 0 Å². The first-order valence-electron chi connectivity index (χ1n) is 35.4. The van der Waals surface area contributed by atoms with Crippen molar-refractivity contribution in [1.82, 2.24) is 0 Å². The maximum atomic E-state index is 16.2. The Morgan fingerprint density at radius 2 is 1.12 bits per heavy atom. The average Bonchev–Trinajstić information content (AvgIpc) is 0.700. The minimum absolute atomic E-state index is 0.0323. The van der Waals surface area contributed by atoms with Crippen LogP contribution in [-0.4, -0.2) is 317 Å². The molecule has 15 N–H and O–H groups in total. The number of carbonyl (C=O) groups is 4. The Morgan fingerprint density at radius 1 is 0.539 bits per heavy atom. The van der Waals surface area contributed by atoms with Crippen LogP contribution in [0.5, 0.6) is 0 Å². The summed E-state index contributed by atoms with van der Waals surface area (Å²) in [7, 11) is 1.04. The summed E-state index contributed by atoms with van der Waals surface area (Å²) < 4.78 is 89.5. The van der Waals surface area contributed by atoms with Crippen LogP contribution in [0.25, 0.3) is 0 Å². The van der Waals surface area contributed by atoms with Crippen molar-refractivity contribution in [2.45, 2.75) is 317 Å². The maximum absolute atomic E-state index is 16.2. The van der Waals surface area contributed by atoms with Crippen molar-refractivity contribution >= 4 is 23.9 Å². The highest BCUT2D eigenvalue weighted by molar-refractivity contribution is 5.80. The third-order valence-corrected chi connectivity index (χ3v) is 25.2. The molecule has 0 spiro atoms. The predicted molar refractivity (Wildman–Crippen MR) is 335 cm³/mol. The molecule has 11 aliphatic rings. The largest absolute Gasteiger partial charge is 0.467 e. The molecule has 11 rings (SSSR count). The fourth-order valence-corrected chi connectivity index (χ4v) is 19.2. The molecule has 5 aliphatic carbocycles. The molecule has 102 heavy (non-hydrogen) atoms. The summed E-state index contributed by atoms with van der Waals surface area (Å²) in [5, 5.41) is 169. The number of ether oxygens (including phenoxy) is 15. The second-order valence-electron chi connectivity index (χ2n) is 31.9. The lowest BCUT2D eigenvalue weighted by atomic mass is 9.34. The fraction of sp³-hybridized carbons (Fsp3) is 0.912. The number of methoxy groups -OCH3 is 1. The van der Waals surface area contributed by atoms with Gasteiger partial charge in [0.05, 0.1) is 50.3 Å². The van der Waals surface area contributed by atoms with Crippen molar-refractivity contribution < 1.29 is 167 Å². The second kappa shape index (κ2) is 29.9. The van der Waals surface area contributed by atoms with E-state index in [1.807, 2.05) is 0 Å². The van der Waals surface area contributed by atoms with Gasteiger partial charge in [-0.05, 0) is 118 Å². The van der Waals surface area contributed by atoms with E-state index in [1.165, 1.54) is 13.8 Å². The Kier molecular flexibility index (Phi) is 23.3. The second-order valence-corrected chi connectivity index (χ2v) is 31.9. The summed E-state index contributed by atoms with van der Waals surface area (Å²) in [5.41, 5.74) is -5.11. The molecule has 582 valence electrons. The first-order chi connectivity index (χ1) is 47.7. The summed E-state index contributed by atoms with van der Waals surface area (Å²) in [6, 6.07) is 0. The number of aliphatic hydroxyl groups is 15. The summed E-state index contributed by atoms with van der Waals surface area (Å²) in [5.74, 6) is -5.07. The number of hydrogen-bond donors (Lipinski definition) is 15. The zero-order valence-corrected chi connectivity index (χ0v) is 59.1. The van der Waals surface area contributed by atoms with Crippen molar-refractivity contribution in [2.24, 2.45) is 44.8 Å². The quantitative estimate of drug-likeness (QED) is 0.0285. The summed E-state index contributed by atoms with van der Waals surface area (Å²) in [6.07, 6.45) is -46.5. The van der Waals surface area contributed by atoms with Gasteiger partial charge in [0.2, 0.25) is 6.29 Å². The zero-order valence-electron chi connectivity index (χ0n) is 59.1. The van der Waals surface area contributed by atoms with Crippen molar-refractivity contribution in [3.63, 3.8) is 0 Å². The van der Waals surface area contributed by atoms with Gasteiger partial charge >= 0.3 is 23.9 Å². The van der Waals surface area contributed by atoms with E-state index in [1.54, 1.807) is 6.92 Å². The fourth-order valence-electron chi connectivity index (χ4n) is 19.2. The summed E-state index contributed by atoms with van der Waals surface area (Å²) >= 11 is 0. The van der Waals surface area contributed by atoms with Gasteiger partial charge in [-0.3, -0.25) is 14.4 Å². The molecule has 38 atom stereocenters. The lowest BCUT2D eigenvalue weighted by molar-refractivity contribution is -0.382. The van der Waals surface area contributed by atoms with E-state index in [0.717, 1.165) is 26.5 Å². The van der Waals surface area contributed by atoms with Crippen molar-refractivity contribution in [3.8, 4) is 0 Å². The number of hydrogen-bond acceptors (Lipinski definition) is 34. The number of fused-ring (bicyclic) bond motifs is 7. The monoisotopic (exact) mass is 1470 g/mol. The molecule has 4 saturated carbocycles. The molecule has 34 nitrogen and oxygen atoms in total. The third kappa shape index (κ3) is 13.9. The number of allylic oxidation sites excluding steroid dienone is 2. The van der Waals surface area contributed by atoms with Crippen molar-refractivity contribution in [3.05, 3.63) is 11.6 Å². The van der Waals surface area contributed by atoms with E-state index in [-0.39, 0.29) is 25.2 Å². The molecule has 0 aromatic heterocycles. The van der Waals surface area contributed by atoms with Crippen molar-refractivity contribution in [2.75, 3.05) is 26.9 Å². The van der Waals surface area contributed by atoms with Gasteiger partial charge in [0.25, 0.3) is 0 Å². The van der Waals surface area contributed by atoms with Crippen LogP contribution in [0.15, 0.2) is 11.6 Å². The normalized spacial score (nSPS) is 52.3. The van der Waals surface area contributed by atoms with Crippen LogP contribution in [0.1, 0.15) is 127 Å². The van der Waals surface area contributed by atoms with Gasteiger partial charge in [0, 0.05) is 13.8 Å². The van der Waals surface area contributed by atoms with Gasteiger partial charge in [0.1, 0.15) is 116 Å². The van der Waals surface area contributed by atoms with E-state index < -0.39 is 272 Å². The first-order valence-corrected chi connectivity index (χ1v) is 35.4. The Bertz CT molecular complexity index is 3010. The Balaban J connectivity index is 0.888. The maximum Gasteiger partial charge on any atom is 0.337 e. The Labute approximate surface area is 589 Å². The third-order valence-electron chi connectivity index (χ3n) is 25.2. The molecule has 0 amide bonds. The smallest absolute Gasteiger partial charge is 0.337 e. The molecule has 6 heterocycles. The molecule has 6 saturated heterocycles. The number of rotatable bonds is 17. The number of carbonyl (C=O) groups excluding carboxylic acids is 4. The molecule has 0 aromatic rings. The molecule has 0 aromatic carbocycles. The summed E-state index contributed by atoms with van der Waals surface area (Å²) in [4.78, 5) is 54.2. The van der Waals surface area contributed by atoms with E-state index in [0.29, 0.717) is 38.5 Å². The highest BCUT2D eigenvalue weighted by Crippen LogP contribution is 2.75. The lowest BCUT2D eigenvalue weighted by Crippen LogP contribution is -2.70. The van der Waals surface area contributed by atoms with E-state index >= 15 is 4.79 Å². The summed E-state index contributed by atoms with van der Waals surface area (Å²) in [6.45, 7) is 15.4. The number of esters is 4. The van der Waals surface area contributed by atoms with Crippen molar-refractivity contribution in [1.29, 1.82) is 0 Å². The topological polar surface area (TPSA) is 510 Å². The molecular weight excluding hydrogens is 1360 g/mol. The van der Waals surface area contributed by atoms with Crippen LogP contribution in [0.2, 0.25) is 0 Å². The van der Waals surface area contributed by atoms with Gasteiger partial charge < -0.3 is 148 Å². The van der Waals surface area contributed by atoms with Crippen LogP contribution < -0.4 is 0 Å². The van der Waals surface area contributed by atoms with E-state index in [2.05, 4.69) is 40.7 Å². The lowest BCUT2D eigenvalue weighted by Gasteiger charge is -2.71. The van der Waals surface area contributed by atoms with E-state index in [9.17, 15) is 91.0 Å². The standard InChI is InChI=1S/C68H106O34/c1-25-49(97-56-45(81)38(74)31(72)23-90-56)44(80)48(84)57(91-25)101-54-53(100-58-46(82)40(76)33(95-58)24-89-27(3)70)50(93-28(4)71)26(2)92-61(54)102-62(86)68-19-18-63(5,6)20-30(68)29-12-13-34-64(7)16-15-37(67(10,87)35(64)14-17-65(34,8)66(29,9)21-36(68)73)96-60-52(43(79)42(78)51(98-60)55(85)88-11)99-59-47(83)41(77)39(75)32(22-69)94-59/h12,25-26,30-54,56-61,69,72-84,87H,13-24H2,1-11H3/t25-,26+,30-,31+,32+,33-,34+,35+,36+,37-,38-,39-,40-,41-,42-,43-,44-,45+,46+,47+,48+,49-,50-,51-,52+,53-,54+,56-,57-,58-,59-,60+,61-,64+,65+,66+,67-,68+/m0/s1. The van der Waals surface area contributed by atoms with Crippen LogP contribution in [0, 0.1) is 44.8 Å². The highest BCUT2D eigenvalue weighted by Gasteiger charge is 2.73. The zero-order chi connectivity index (χ0) is 74.7. The SMILES string of the molecule is COC(=O)[C@H]1O[C@@H](O[C@H]2CC[C@]3(C)[C@H]4CC=C5[C@@H]6CC(C)(C)CC[C@]6(C(=O)O[C@@H]6O[C@H](C)[C@H](OC(C)=O)[C@H](O[C@@H]7O[C@@H](COC(C)=O)[C@H](O)[C@H]7O)[C@H]6O[C@@H]6O[C@@H](C)[C@H](O[C@@H]7OC[C@@H](O)[C@H](O)[C@H]7O)[C@@H](O)[C@H]6O)[C@H](O)C[C@@]5(C)[C@]4(C)CC[C@H]3[C@]2(C)O)[C@H](O[C@@H]2O[C@H](CO)[C@H](O)[C@H](O)[C@H]2O)[C@@H](O)[C@@H]1O. The molecule has 0 unspecified atom stereocenters. The van der Waals surface area contributed by atoms with Crippen LogP contribution in [-0.2, 0) is 90.2 Å². The molecule has 34 heteroatoms. The van der Waals surface area contributed by atoms with Gasteiger partial charge in [-0.25, -0.2) is 4.79 Å². The van der Waals surface area contributed by atoms with Crippen LogP contribution in [0.3, 0.4) is 0 Å². The minimum atomic E-state index is -2.08. The highest BCUT2D eigenvalue weighted by atomic mass is 16.8. The molecular formula is C68H106O34. The molecule has 10 fully saturated rings. The Hall–Kier alpha value is -3.42. The average molecular weight is 1470 g/mol. The van der Waals surface area contributed by atoms with Crippen LogP contribution in [0.4, 0.5) is 0 Å². The molecule has 6 aliphatic heterocycles.